The van der Waals surface area contributed by atoms with Gasteiger partial charge in [0, 0.05) is 26.2 Å². The number of hydrogen-bond donors (Lipinski definition) is 0. The first-order valence-corrected chi connectivity index (χ1v) is 13.5. The molecule has 0 aromatic heterocycles. The van der Waals surface area contributed by atoms with Gasteiger partial charge in [0.2, 0.25) is 20.0 Å². The van der Waals surface area contributed by atoms with Crippen molar-refractivity contribution in [2.24, 2.45) is 0 Å². The van der Waals surface area contributed by atoms with Gasteiger partial charge in [-0.3, -0.25) is 0 Å². The Balaban J connectivity index is 1.78. The van der Waals surface area contributed by atoms with Crippen LogP contribution in [0.15, 0.2) is 46.2 Å². The van der Waals surface area contributed by atoms with Crippen LogP contribution in [-0.4, -0.2) is 51.6 Å². The molecule has 2 aromatic rings. The summed E-state index contributed by atoms with van der Waals surface area (Å²) < 4.78 is 54.5. The quantitative estimate of drug-likeness (QED) is 0.545. The zero-order valence-electron chi connectivity index (χ0n) is 17.3. The number of halogens is 3. The molecule has 0 aliphatic carbocycles. The number of nitrogens with zero attached hydrogens (tertiary/aromatic N) is 2. The van der Waals surface area contributed by atoms with Crippen LogP contribution >= 0.6 is 34.8 Å². The third kappa shape index (κ3) is 5.05. The van der Waals surface area contributed by atoms with Crippen LogP contribution in [0.1, 0.15) is 26.3 Å². The molecule has 3 rings (SSSR count). The van der Waals surface area contributed by atoms with Crippen LogP contribution in [0.3, 0.4) is 0 Å². The molecule has 2 aromatic carbocycles. The lowest BCUT2D eigenvalue weighted by Crippen LogP contribution is -2.50. The second-order valence-corrected chi connectivity index (χ2v) is 13.3. The van der Waals surface area contributed by atoms with Crippen LogP contribution in [0, 0.1) is 0 Å². The zero-order chi connectivity index (χ0) is 23.2. The first-order chi connectivity index (χ1) is 14.2. The zero-order valence-corrected chi connectivity index (χ0v) is 21.2. The van der Waals surface area contributed by atoms with Crippen LogP contribution in [0.25, 0.3) is 0 Å². The molecule has 1 heterocycles. The van der Waals surface area contributed by atoms with Crippen molar-refractivity contribution in [1.29, 1.82) is 0 Å². The molecule has 0 spiro atoms. The maximum atomic E-state index is 13.0. The molecule has 0 unspecified atom stereocenters. The predicted octanol–water partition coefficient (Wildman–Crippen LogP) is 4.64. The minimum atomic E-state index is -3.95. The van der Waals surface area contributed by atoms with Crippen molar-refractivity contribution in [2.45, 2.75) is 36.0 Å². The van der Waals surface area contributed by atoms with E-state index in [4.69, 9.17) is 34.8 Å². The van der Waals surface area contributed by atoms with E-state index >= 15 is 0 Å². The fourth-order valence-corrected chi connectivity index (χ4v) is 7.09. The number of sulfonamides is 2. The fourth-order valence-electron chi connectivity index (χ4n) is 3.27. The van der Waals surface area contributed by atoms with Crippen molar-refractivity contribution < 1.29 is 16.8 Å². The van der Waals surface area contributed by atoms with E-state index in [1.165, 1.54) is 20.7 Å². The van der Waals surface area contributed by atoms with E-state index in [0.717, 1.165) is 5.56 Å². The highest BCUT2D eigenvalue weighted by Gasteiger charge is 2.35. The molecule has 6 nitrogen and oxygen atoms in total. The van der Waals surface area contributed by atoms with E-state index in [1.807, 2.05) is 0 Å². The molecule has 1 aliphatic heterocycles. The van der Waals surface area contributed by atoms with Gasteiger partial charge in [-0.15, -0.1) is 0 Å². The molecule has 11 heteroatoms. The molecule has 0 amide bonds. The number of rotatable bonds is 4. The van der Waals surface area contributed by atoms with Gasteiger partial charge in [0.15, 0.2) is 0 Å². The van der Waals surface area contributed by atoms with E-state index in [9.17, 15) is 16.8 Å². The van der Waals surface area contributed by atoms with Gasteiger partial charge in [-0.05, 0) is 35.2 Å². The van der Waals surface area contributed by atoms with E-state index < -0.39 is 20.0 Å². The smallest absolute Gasteiger partial charge is 0.207 e. The average Bonchev–Trinajstić information content (AvgIpc) is 2.70. The lowest BCUT2D eigenvalue weighted by Gasteiger charge is -2.33. The lowest BCUT2D eigenvalue weighted by atomic mass is 9.87. The van der Waals surface area contributed by atoms with Crippen LogP contribution in [0.4, 0.5) is 0 Å². The molecule has 0 bridgehead atoms. The van der Waals surface area contributed by atoms with Crippen molar-refractivity contribution >= 4 is 54.8 Å². The Morgan fingerprint density at radius 1 is 0.710 bits per heavy atom. The van der Waals surface area contributed by atoms with Gasteiger partial charge in [0.05, 0.1) is 20.0 Å². The highest BCUT2D eigenvalue weighted by Crippen LogP contribution is 2.34. The fraction of sp³-hybridized carbons (Fsp3) is 0.400. The molecular weight excluding hydrogens is 503 g/mol. The normalized spacial score (nSPS) is 17.1. The summed E-state index contributed by atoms with van der Waals surface area (Å²) in [6.07, 6.45) is 0. The third-order valence-corrected chi connectivity index (χ3v) is 10.1. The number of piperazine rings is 1. The lowest BCUT2D eigenvalue weighted by molar-refractivity contribution is 0.273. The summed E-state index contributed by atoms with van der Waals surface area (Å²) in [5, 5.41) is 0.187. The molecule has 1 saturated heterocycles. The molecule has 170 valence electrons. The standard InChI is InChI=1S/C20H23Cl3N2O4S2/c1-20(2,3)14-4-6-15(7-5-14)30(26,27)24-8-10-25(11-9-24)31(28,29)19-13-17(22)16(21)12-18(19)23/h4-7,12-13H,8-11H2,1-3H3. The van der Waals surface area contributed by atoms with Crippen molar-refractivity contribution in [3.63, 3.8) is 0 Å². The monoisotopic (exact) mass is 524 g/mol. The minimum absolute atomic E-state index is 0.00177. The van der Waals surface area contributed by atoms with Crippen molar-refractivity contribution in [1.82, 2.24) is 8.61 Å². The first kappa shape index (κ1) is 24.8. The van der Waals surface area contributed by atoms with E-state index in [1.54, 1.807) is 24.3 Å². The van der Waals surface area contributed by atoms with Crippen molar-refractivity contribution in [3.8, 4) is 0 Å². The van der Waals surface area contributed by atoms with Gasteiger partial charge in [-0.2, -0.15) is 8.61 Å². The van der Waals surface area contributed by atoms with Crippen molar-refractivity contribution in [2.75, 3.05) is 26.2 Å². The summed E-state index contributed by atoms with van der Waals surface area (Å²) in [4.78, 5) is 0.0296. The third-order valence-electron chi connectivity index (χ3n) is 5.15. The van der Waals surface area contributed by atoms with Gasteiger partial charge in [-0.25, -0.2) is 16.8 Å². The summed E-state index contributed by atoms with van der Waals surface area (Å²) in [5.41, 5.74) is 0.939. The average molecular weight is 526 g/mol. The van der Waals surface area contributed by atoms with Crippen LogP contribution < -0.4 is 0 Å². The maximum absolute atomic E-state index is 13.0. The summed E-state index contributed by atoms with van der Waals surface area (Å²) in [6.45, 7) is 6.21. The first-order valence-electron chi connectivity index (χ1n) is 9.50. The molecule has 0 N–H and O–H groups in total. The Morgan fingerprint density at radius 2 is 1.16 bits per heavy atom. The van der Waals surface area contributed by atoms with Gasteiger partial charge in [-0.1, -0.05) is 67.7 Å². The Labute approximate surface area is 198 Å². The largest absolute Gasteiger partial charge is 0.244 e. The van der Waals surface area contributed by atoms with Crippen LogP contribution in [0.5, 0.6) is 0 Å². The Bertz CT molecular complexity index is 1180. The van der Waals surface area contributed by atoms with Gasteiger partial charge < -0.3 is 0 Å². The van der Waals surface area contributed by atoms with E-state index in [-0.39, 0.29) is 56.5 Å². The molecule has 0 radical (unpaired) electrons. The SMILES string of the molecule is CC(C)(C)c1ccc(S(=O)(=O)N2CCN(S(=O)(=O)c3cc(Cl)c(Cl)cc3Cl)CC2)cc1. The molecule has 0 saturated carbocycles. The summed E-state index contributed by atoms with van der Waals surface area (Å²) in [6, 6.07) is 9.28. The second kappa shape index (κ2) is 8.82. The minimum Gasteiger partial charge on any atom is -0.207 e. The second-order valence-electron chi connectivity index (χ2n) is 8.28. The molecule has 31 heavy (non-hydrogen) atoms. The van der Waals surface area contributed by atoms with Crippen LogP contribution in [0.2, 0.25) is 15.1 Å². The number of benzene rings is 2. The highest BCUT2D eigenvalue weighted by molar-refractivity contribution is 7.89. The highest BCUT2D eigenvalue weighted by atomic mass is 35.5. The molecular formula is C20H23Cl3N2O4S2. The summed E-state index contributed by atoms with van der Waals surface area (Å²) >= 11 is 17.9. The van der Waals surface area contributed by atoms with Gasteiger partial charge in [0.25, 0.3) is 0 Å². The molecule has 1 aliphatic rings. The summed E-state index contributed by atoms with van der Waals surface area (Å²) in [7, 11) is -7.68. The van der Waals surface area contributed by atoms with Crippen molar-refractivity contribution in [3.05, 3.63) is 57.0 Å². The number of hydrogen-bond acceptors (Lipinski definition) is 4. The predicted molar refractivity (Wildman–Crippen MR) is 124 cm³/mol. The van der Waals surface area contributed by atoms with E-state index in [2.05, 4.69) is 20.8 Å². The molecule has 0 atom stereocenters. The maximum Gasteiger partial charge on any atom is 0.244 e. The Hall–Kier alpha value is -0.870. The van der Waals surface area contributed by atoms with E-state index in [0.29, 0.717) is 0 Å². The van der Waals surface area contributed by atoms with Gasteiger partial charge in [0.1, 0.15) is 4.90 Å². The molecule has 1 fully saturated rings. The summed E-state index contributed by atoms with van der Waals surface area (Å²) in [5.74, 6) is 0. The Kier molecular flexibility index (Phi) is 7.04. The Morgan fingerprint density at radius 3 is 1.65 bits per heavy atom. The van der Waals surface area contributed by atoms with Gasteiger partial charge >= 0.3 is 0 Å². The topological polar surface area (TPSA) is 74.8 Å². The van der Waals surface area contributed by atoms with Crippen LogP contribution in [-0.2, 0) is 25.5 Å².